The van der Waals surface area contributed by atoms with Gasteiger partial charge in [-0.25, -0.2) is 0 Å². The number of anilines is 1. The molecule has 0 fully saturated rings. The van der Waals surface area contributed by atoms with Crippen molar-refractivity contribution in [1.82, 2.24) is 10.3 Å². The third-order valence-corrected chi connectivity index (χ3v) is 4.26. The summed E-state index contributed by atoms with van der Waals surface area (Å²) in [5.41, 5.74) is 4.05. The van der Waals surface area contributed by atoms with Crippen LogP contribution < -0.4 is 10.6 Å². The quantitative estimate of drug-likeness (QED) is 0.441. The Morgan fingerprint density at radius 1 is 1.07 bits per heavy atom. The van der Waals surface area contributed by atoms with Crippen LogP contribution in [0.3, 0.4) is 0 Å². The van der Waals surface area contributed by atoms with E-state index in [1.54, 1.807) is 18.2 Å². The van der Waals surface area contributed by atoms with Gasteiger partial charge in [0.05, 0.1) is 0 Å². The van der Waals surface area contributed by atoms with Gasteiger partial charge in [0.25, 0.3) is 0 Å². The Labute approximate surface area is 158 Å². The highest BCUT2D eigenvalue weighted by Gasteiger charge is 2.03. The third kappa shape index (κ3) is 5.31. The number of aromatic amines is 1. The van der Waals surface area contributed by atoms with Crippen LogP contribution in [0.2, 0.25) is 0 Å². The van der Waals surface area contributed by atoms with E-state index in [1.807, 2.05) is 30.5 Å². The van der Waals surface area contributed by atoms with Crippen LogP contribution in [0.25, 0.3) is 17.0 Å². The number of rotatable bonds is 7. The first-order valence-electron chi connectivity index (χ1n) is 9.00. The second-order valence-corrected chi connectivity index (χ2v) is 6.39. The molecule has 5 nitrogen and oxygen atoms in total. The fraction of sp³-hybridized carbons (Fsp3) is 0.182. The molecule has 0 aliphatic rings. The maximum absolute atomic E-state index is 11.9. The summed E-state index contributed by atoms with van der Waals surface area (Å²) in [5.74, 6) is -0.217. The minimum Gasteiger partial charge on any atom is -0.361 e. The molecule has 2 aromatic carbocycles. The van der Waals surface area contributed by atoms with Gasteiger partial charge in [-0.1, -0.05) is 30.3 Å². The average molecular weight is 361 g/mol. The van der Waals surface area contributed by atoms with E-state index in [9.17, 15) is 9.59 Å². The van der Waals surface area contributed by atoms with Gasteiger partial charge >= 0.3 is 0 Å². The molecule has 138 valence electrons. The molecule has 1 heterocycles. The Kier molecular flexibility index (Phi) is 6.05. The highest BCUT2D eigenvalue weighted by Crippen LogP contribution is 2.18. The standard InChI is InChI=1S/C22H23N3O2/c1-16(26)25-19-11-8-17(9-12-19)10-13-22(27)23-14-4-5-18-15-24-21-7-3-2-6-20(18)21/h2-3,6-13,15,24H,4-5,14H2,1H3,(H,23,27)(H,25,26). The number of carbonyl (C=O) groups excluding carboxylic acids is 2. The number of fused-ring (bicyclic) bond motifs is 1. The Hall–Kier alpha value is -3.34. The van der Waals surface area contributed by atoms with Crippen molar-refractivity contribution in [3.05, 3.63) is 71.9 Å². The molecule has 0 aliphatic heterocycles. The number of hydrogen-bond acceptors (Lipinski definition) is 2. The summed E-state index contributed by atoms with van der Waals surface area (Å²) in [4.78, 5) is 26.2. The first-order valence-corrected chi connectivity index (χ1v) is 9.00. The summed E-state index contributed by atoms with van der Waals surface area (Å²) in [6, 6.07) is 15.5. The predicted octanol–water partition coefficient (Wildman–Crippen LogP) is 3.89. The number of benzene rings is 2. The minimum absolute atomic E-state index is 0.106. The number of aryl methyl sites for hydroxylation is 1. The Morgan fingerprint density at radius 3 is 2.63 bits per heavy atom. The summed E-state index contributed by atoms with van der Waals surface area (Å²) in [6.07, 6.45) is 7.12. The maximum atomic E-state index is 11.9. The van der Waals surface area contributed by atoms with Gasteiger partial charge in [-0.15, -0.1) is 0 Å². The molecule has 3 aromatic rings. The molecule has 0 saturated carbocycles. The van der Waals surface area contributed by atoms with Crippen molar-refractivity contribution < 1.29 is 9.59 Å². The summed E-state index contributed by atoms with van der Waals surface area (Å²) in [5, 5.41) is 6.86. The number of amides is 2. The van der Waals surface area contributed by atoms with Crippen molar-refractivity contribution in [2.75, 3.05) is 11.9 Å². The van der Waals surface area contributed by atoms with Crippen LogP contribution in [0.1, 0.15) is 24.5 Å². The van der Waals surface area contributed by atoms with Crippen LogP contribution in [0, 0.1) is 0 Å². The van der Waals surface area contributed by atoms with Gasteiger partial charge in [0.15, 0.2) is 0 Å². The van der Waals surface area contributed by atoms with E-state index in [2.05, 4.69) is 27.8 Å². The Morgan fingerprint density at radius 2 is 1.85 bits per heavy atom. The average Bonchev–Trinajstić information content (AvgIpc) is 3.07. The lowest BCUT2D eigenvalue weighted by Crippen LogP contribution is -2.22. The molecule has 0 saturated heterocycles. The van der Waals surface area contributed by atoms with Crippen molar-refractivity contribution in [2.24, 2.45) is 0 Å². The van der Waals surface area contributed by atoms with E-state index >= 15 is 0 Å². The fourth-order valence-electron chi connectivity index (χ4n) is 2.94. The van der Waals surface area contributed by atoms with Gasteiger partial charge in [-0.3, -0.25) is 9.59 Å². The summed E-state index contributed by atoms with van der Waals surface area (Å²) < 4.78 is 0. The molecular weight excluding hydrogens is 338 g/mol. The zero-order chi connectivity index (χ0) is 19.1. The van der Waals surface area contributed by atoms with Gasteiger partial charge < -0.3 is 15.6 Å². The molecule has 0 atom stereocenters. The molecule has 0 bridgehead atoms. The van der Waals surface area contributed by atoms with Crippen LogP contribution in [0.5, 0.6) is 0 Å². The van der Waals surface area contributed by atoms with E-state index in [0.717, 1.165) is 29.6 Å². The Balaban J connectivity index is 1.43. The molecule has 5 heteroatoms. The van der Waals surface area contributed by atoms with Crippen molar-refractivity contribution >= 4 is 34.5 Å². The van der Waals surface area contributed by atoms with Crippen molar-refractivity contribution in [3.8, 4) is 0 Å². The number of para-hydroxylation sites is 1. The van der Waals surface area contributed by atoms with E-state index < -0.39 is 0 Å². The molecule has 0 unspecified atom stereocenters. The highest BCUT2D eigenvalue weighted by atomic mass is 16.2. The number of nitrogens with one attached hydrogen (secondary N) is 3. The van der Waals surface area contributed by atoms with Crippen molar-refractivity contribution in [2.45, 2.75) is 19.8 Å². The molecule has 0 radical (unpaired) electrons. The third-order valence-electron chi connectivity index (χ3n) is 4.26. The number of aromatic nitrogens is 1. The first-order chi connectivity index (χ1) is 13.1. The lowest BCUT2D eigenvalue weighted by Gasteiger charge is -2.03. The summed E-state index contributed by atoms with van der Waals surface area (Å²) in [7, 11) is 0. The second kappa shape index (κ2) is 8.85. The number of hydrogen-bond donors (Lipinski definition) is 3. The SMILES string of the molecule is CC(=O)Nc1ccc(C=CC(=O)NCCCc2c[nH]c3ccccc23)cc1. The number of carbonyl (C=O) groups is 2. The maximum Gasteiger partial charge on any atom is 0.243 e. The van der Waals surface area contributed by atoms with Crippen LogP contribution in [-0.2, 0) is 16.0 Å². The molecule has 27 heavy (non-hydrogen) atoms. The predicted molar refractivity (Wildman–Crippen MR) is 109 cm³/mol. The lowest BCUT2D eigenvalue weighted by molar-refractivity contribution is -0.116. The van der Waals surface area contributed by atoms with E-state index in [1.165, 1.54) is 23.9 Å². The van der Waals surface area contributed by atoms with Gasteiger partial charge in [-0.2, -0.15) is 0 Å². The van der Waals surface area contributed by atoms with Crippen LogP contribution in [0.4, 0.5) is 5.69 Å². The monoisotopic (exact) mass is 361 g/mol. The van der Waals surface area contributed by atoms with Crippen molar-refractivity contribution in [1.29, 1.82) is 0 Å². The molecular formula is C22H23N3O2. The molecule has 1 aromatic heterocycles. The van der Waals surface area contributed by atoms with E-state index in [4.69, 9.17) is 0 Å². The zero-order valence-electron chi connectivity index (χ0n) is 15.3. The molecule has 2 amide bonds. The summed E-state index contributed by atoms with van der Waals surface area (Å²) >= 11 is 0. The minimum atomic E-state index is -0.111. The van der Waals surface area contributed by atoms with Crippen LogP contribution in [0.15, 0.2) is 60.8 Å². The van der Waals surface area contributed by atoms with Gasteiger partial charge in [0.2, 0.25) is 11.8 Å². The first kappa shape index (κ1) is 18.5. The zero-order valence-corrected chi connectivity index (χ0v) is 15.3. The second-order valence-electron chi connectivity index (χ2n) is 6.39. The largest absolute Gasteiger partial charge is 0.361 e. The Bertz CT molecular complexity index is 955. The topological polar surface area (TPSA) is 74.0 Å². The normalized spacial score (nSPS) is 11.0. The molecule has 0 spiro atoms. The van der Waals surface area contributed by atoms with Crippen LogP contribution >= 0.6 is 0 Å². The van der Waals surface area contributed by atoms with Crippen molar-refractivity contribution in [3.63, 3.8) is 0 Å². The molecule has 0 aliphatic carbocycles. The van der Waals surface area contributed by atoms with Gasteiger partial charge in [0.1, 0.15) is 0 Å². The fourth-order valence-corrected chi connectivity index (χ4v) is 2.94. The van der Waals surface area contributed by atoms with Gasteiger partial charge in [0, 0.05) is 42.3 Å². The lowest BCUT2D eigenvalue weighted by atomic mass is 10.1. The highest BCUT2D eigenvalue weighted by molar-refractivity contribution is 5.92. The summed E-state index contributed by atoms with van der Waals surface area (Å²) in [6.45, 7) is 2.10. The van der Waals surface area contributed by atoms with E-state index in [0.29, 0.717) is 6.54 Å². The molecule has 3 N–H and O–H groups in total. The van der Waals surface area contributed by atoms with E-state index in [-0.39, 0.29) is 11.8 Å². The smallest absolute Gasteiger partial charge is 0.243 e. The van der Waals surface area contributed by atoms with Gasteiger partial charge in [-0.05, 0) is 48.2 Å². The van der Waals surface area contributed by atoms with Crippen LogP contribution in [-0.4, -0.2) is 23.3 Å². The number of H-pyrrole nitrogens is 1. The molecule has 3 rings (SSSR count).